The molecule has 0 aliphatic carbocycles. The van der Waals surface area contributed by atoms with Gasteiger partial charge in [-0.15, -0.1) is 0 Å². The quantitative estimate of drug-likeness (QED) is 0.758. The fraction of sp³-hybridized carbons (Fsp3) is 0.125. The number of hydrogen-bond acceptors (Lipinski definition) is 3. The van der Waals surface area contributed by atoms with Gasteiger partial charge in [0.1, 0.15) is 0 Å². The number of benzene rings is 2. The van der Waals surface area contributed by atoms with Crippen molar-refractivity contribution < 1.29 is 4.79 Å². The second kappa shape index (κ2) is 4.94. The van der Waals surface area contributed by atoms with Crippen molar-refractivity contribution in [3.05, 3.63) is 53.7 Å². The zero-order chi connectivity index (χ0) is 15.0. The van der Waals surface area contributed by atoms with Gasteiger partial charge in [0.2, 0.25) is 0 Å². The molecule has 3 aromatic rings. The lowest BCUT2D eigenvalue weighted by molar-refractivity contribution is 0.102. The van der Waals surface area contributed by atoms with E-state index in [0.717, 1.165) is 10.8 Å². The standard InChI is InChI=1S/C16H16N4O/c1-10-14(17)15(20(2)19-10)18-16(21)13-8-7-11-5-3-4-6-12(11)9-13/h3-9H,17H2,1-2H3,(H,18,21). The molecule has 0 aliphatic heterocycles. The highest BCUT2D eigenvalue weighted by Gasteiger charge is 2.14. The summed E-state index contributed by atoms with van der Waals surface area (Å²) in [5.41, 5.74) is 7.70. The smallest absolute Gasteiger partial charge is 0.256 e. The molecule has 5 heteroatoms. The maximum absolute atomic E-state index is 12.4. The Morgan fingerprint density at radius 2 is 1.90 bits per heavy atom. The molecule has 0 fully saturated rings. The third kappa shape index (κ3) is 2.33. The second-order valence-electron chi connectivity index (χ2n) is 4.99. The van der Waals surface area contributed by atoms with Crippen LogP contribution in [-0.4, -0.2) is 15.7 Å². The molecule has 0 aliphatic rings. The first-order valence-electron chi connectivity index (χ1n) is 6.65. The van der Waals surface area contributed by atoms with Gasteiger partial charge in [-0.3, -0.25) is 9.48 Å². The molecule has 0 bridgehead atoms. The SMILES string of the molecule is Cc1nn(C)c(NC(=O)c2ccc3ccccc3c2)c1N. The Hall–Kier alpha value is -2.82. The van der Waals surface area contributed by atoms with Gasteiger partial charge < -0.3 is 11.1 Å². The summed E-state index contributed by atoms with van der Waals surface area (Å²) in [7, 11) is 1.75. The fourth-order valence-corrected chi connectivity index (χ4v) is 2.33. The van der Waals surface area contributed by atoms with Crippen LogP contribution in [0.3, 0.4) is 0 Å². The lowest BCUT2D eigenvalue weighted by Crippen LogP contribution is -2.15. The molecule has 1 heterocycles. The normalized spacial score (nSPS) is 10.8. The van der Waals surface area contributed by atoms with E-state index in [4.69, 9.17) is 5.73 Å². The number of carbonyl (C=O) groups excluding carboxylic acids is 1. The Bertz CT molecular complexity index is 835. The summed E-state index contributed by atoms with van der Waals surface area (Å²) in [5, 5.41) is 9.13. The first-order valence-corrected chi connectivity index (χ1v) is 6.65. The number of nitrogens with zero attached hydrogens (tertiary/aromatic N) is 2. The molecule has 2 aromatic carbocycles. The number of amides is 1. The van der Waals surface area contributed by atoms with Crippen molar-refractivity contribution in [3.63, 3.8) is 0 Å². The molecule has 0 spiro atoms. The highest BCUT2D eigenvalue weighted by atomic mass is 16.1. The van der Waals surface area contributed by atoms with Crippen LogP contribution in [0.2, 0.25) is 0 Å². The van der Waals surface area contributed by atoms with Crippen LogP contribution >= 0.6 is 0 Å². The summed E-state index contributed by atoms with van der Waals surface area (Å²) in [6, 6.07) is 13.5. The van der Waals surface area contributed by atoms with Crippen molar-refractivity contribution in [3.8, 4) is 0 Å². The molecular formula is C16H16N4O. The average Bonchev–Trinajstić information content (AvgIpc) is 2.73. The van der Waals surface area contributed by atoms with E-state index in [1.165, 1.54) is 0 Å². The number of rotatable bonds is 2. The number of aryl methyl sites for hydroxylation is 2. The number of anilines is 2. The number of carbonyl (C=O) groups is 1. The molecule has 5 nitrogen and oxygen atoms in total. The van der Waals surface area contributed by atoms with E-state index in [2.05, 4.69) is 10.4 Å². The molecule has 0 unspecified atom stereocenters. The maximum atomic E-state index is 12.4. The third-order valence-corrected chi connectivity index (χ3v) is 3.51. The predicted molar refractivity (Wildman–Crippen MR) is 84.3 cm³/mol. The van der Waals surface area contributed by atoms with E-state index in [-0.39, 0.29) is 5.91 Å². The Morgan fingerprint density at radius 3 is 2.57 bits per heavy atom. The van der Waals surface area contributed by atoms with Crippen molar-refractivity contribution in [1.29, 1.82) is 0 Å². The van der Waals surface area contributed by atoms with Crippen molar-refractivity contribution >= 4 is 28.2 Å². The van der Waals surface area contributed by atoms with Crippen molar-refractivity contribution in [2.75, 3.05) is 11.1 Å². The van der Waals surface area contributed by atoms with Crippen molar-refractivity contribution in [2.45, 2.75) is 6.92 Å². The first-order chi connectivity index (χ1) is 10.1. The Morgan fingerprint density at radius 1 is 1.19 bits per heavy atom. The summed E-state index contributed by atoms with van der Waals surface area (Å²) in [4.78, 5) is 12.4. The average molecular weight is 280 g/mol. The third-order valence-electron chi connectivity index (χ3n) is 3.51. The van der Waals surface area contributed by atoms with E-state index in [0.29, 0.717) is 22.8 Å². The zero-order valence-corrected chi connectivity index (χ0v) is 11.9. The van der Waals surface area contributed by atoms with Crippen LogP contribution in [0.5, 0.6) is 0 Å². The molecule has 3 N–H and O–H groups in total. The minimum atomic E-state index is -0.199. The van der Waals surface area contributed by atoms with Crippen LogP contribution in [0, 0.1) is 6.92 Å². The largest absolute Gasteiger partial charge is 0.394 e. The van der Waals surface area contributed by atoms with E-state index in [9.17, 15) is 4.79 Å². The zero-order valence-electron chi connectivity index (χ0n) is 11.9. The van der Waals surface area contributed by atoms with E-state index in [1.54, 1.807) is 24.7 Å². The number of aromatic nitrogens is 2. The minimum Gasteiger partial charge on any atom is -0.394 e. The highest BCUT2D eigenvalue weighted by molar-refractivity contribution is 6.07. The summed E-state index contributed by atoms with van der Waals surface area (Å²) in [6.07, 6.45) is 0. The molecule has 0 saturated heterocycles. The minimum absolute atomic E-state index is 0.199. The van der Waals surface area contributed by atoms with Crippen LogP contribution in [-0.2, 0) is 7.05 Å². The predicted octanol–water partition coefficient (Wildman–Crippen LogP) is 2.72. The van der Waals surface area contributed by atoms with Gasteiger partial charge in [-0.1, -0.05) is 30.3 Å². The Kier molecular flexibility index (Phi) is 3.10. The van der Waals surface area contributed by atoms with E-state index >= 15 is 0 Å². The van der Waals surface area contributed by atoms with Crippen LogP contribution in [0.25, 0.3) is 10.8 Å². The molecule has 3 rings (SSSR count). The molecule has 1 amide bonds. The number of fused-ring (bicyclic) bond motifs is 1. The number of nitrogens with two attached hydrogens (primary N) is 1. The lowest BCUT2D eigenvalue weighted by atomic mass is 10.1. The van der Waals surface area contributed by atoms with Crippen molar-refractivity contribution in [1.82, 2.24) is 9.78 Å². The topological polar surface area (TPSA) is 72.9 Å². The monoisotopic (exact) mass is 280 g/mol. The van der Waals surface area contributed by atoms with Crippen LogP contribution < -0.4 is 11.1 Å². The van der Waals surface area contributed by atoms with Gasteiger partial charge in [-0.2, -0.15) is 5.10 Å². The summed E-state index contributed by atoms with van der Waals surface area (Å²) in [5.74, 6) is 0.320. The molecule has 21 heavy (non-hydrogen) atoms. The second-order valence-corrected chi connectivity index (χ2v) is 4.99. The van der Waals surface area contributed by atoms with Gasteiger partial charge >= 0.3 is 0 Å². The molecule has 0 atom stereocenters. The van der Waals surface area contributed by atoms with E-state index in [1.807, 2.05) is 36.4 Å². The fourth-order valence-electron chi connectivity index (χ4n) is 2.33. The number of nitrogen functional groups attached to an aromatic ring is 1. The highest BCUT2D eigenvalue weighted by Crippen LogP contribution is 2.22. The first kappa shape index (κ1) is 13.2. The van der Waals surface area contributed by atoms with Crippen molar-refractivity contribution in [2.24, 2.45) is 7.05 Å². The lowest BCUT2D eigenvalue weighted by Gasteiger charge is -2.07. The van der Waals surface area contributed by atoms with Gasteiger partial charge in [0.15, 0.2) is 5.82 Å². The van der Waals surface area contributed by atoms with E-state index < -0.39 is 0 Å². The number of nitrogens with one attached hydrogen (secondary N) is 1. The van der Waals surface area contributed by atoms with Gasteiger partial charge in [0.25, 0.3) is 5.91 Å². The summed E-state index contributed by atoms with van der Waals surface area (Å²) < 4.78 is 1.57. The van der Waals surface area contributed by atoms with Gasteiger partial charge in [0, 0.05) is 12.6 Å². The summed E-state index contributed by atoms with van der Waals surface area (Å²) in [6.45, 7) is 1.81. The van der Waals surface area contributed by atoms with Crippen LogP contribution in [0.4, 0.5) is 11.5 Å². The molecule has 106 valence electrons. The molecular weight excluding hydrogens is 264 g/mol. The summed E-state index contributed by atoms with van der Waals surface area (Å²) >= 11 is 0. The van der Waals surface area contributed by atoms with Crippen LogP contribution in [0.1, 0.15) is 16.1 Å². The molecule has 0 radical (unpaired) electrons. The van der Waals surface area contributed by atoms with Gasteiger partial charge in [-0.25, -0.2) is 0 Å². The maximum Gasteiger partial charge on any atom is 0.256 e. The number of hydrogen-bond donors (Lipinski definition) is 2. The molecule has 1 aromatic heterocycles. The van der Waals surface area contributed by atoms with Crippen LogP contribution in [0.15, 0.2) is 42.5 Å². The molecule has 0 saturated carbocycles. The Balaban J connectivity index is 1.93. The van der Waals surface area contributed by atoms with Gasteiger partial charge in [-0.05, 0) is 29.8 Å². The Labute approximate surface area is 122 Å². The van der Waals surface area contributed by atoms with Gasteiger partial charge in [0.05, 0.1) is 11.4 Å².